The minimum Gasteiger partial charge on any atom is -0.481 e. The first-order valence-electron chi connectivity index (χ1n) is 12.9. The Hall–Kier alpha value is -3.36. The number of carboxylic acid groups (broad SMARTS) is 1. The van der Waals surface area contributed by atoms with Gasteiger partial charge in [0, 0.05) is 29.8 Å². The van der Waals surface area contributed by atoms with Crippen LogP contribution in [0, 0.1) is 12.8 Å². The lowest BCUT2D eigenvalue weighted by Gasteiger charge is -2.34. The van der Waals surface area contributed by atoms with Crippen molar-refractivity contribution in [3.8, 4) is 0 Å². The number of imidazole rings is 1. The molecular formula is C27H35N5O4. The van der Waals surface area contributed by atoms with E-state index in [-0.39, 0.29) is 30.0 Å². The monoisotopic (exact) mass is 493 g/mol. The number of aryl methyl sites for hydroxylation is 2. The third kappa shape index (κ3) is 4.24. The van der Waals surface area contributed by atoms with E-state index >= 15 is 0 Å². The molecule has 2 aliphatic rings. The van der Waals surface area contributed by atoms with Gasteiger partial charge in [0.25, 0.3) is 0 Å². The molecule has 1 N–H and O–H groups in total. The number of hydrogen-bond acceptors (Lipinski definition) is 5. The highest BCUT2D eigenvalue weighted by atomic mass is 16.5. The molecular weight excluding hydrogens is 458 g/mol. The van der Waals surface area contributed by atoms with Gasteiger partial charge in [0.05, 0.1) is 42.0 Å². The molecule has 9 heteroatoms. The van der Waals surface area contributed by atoms with Crippen LogP contribution in [0.15, 0.2) is 24.4 Å². The van der Waals surface area contributed by atoms with Crippen molar-refractivity contribution in [3.05, 3.63) is 41.5 Å². The van der Waals surface area contributed by atoms with Gasteiger partial charge in [-0.1, -0.05) is 6.92 Å². The van der Waals surface area contributed by atoms with Crippen molar-refractivity contribution in [2.75, 3.05) is 12.0 Å². The van der Waals surface area contributed by atoms with Crippen LogP contribution in [0.25, 0.3) is 11.0 Å². The maximum Gasteiger partial charge on any atom is 0.414 e. The average molecular weight is 494 g/mol. The average Bonchev–Trinajstić information content (AvgIpc) is 3.46. The Morgan fingerprint density at radius 3 is 2.56 bits per heavy atom. The number of carbonyl (C=O) groups excluding carboxylic acids is 1. The van der Waals surface area contributed by atoms with Crippen molar-refractivity contribution < 1.29 is 19.4 Å². The maximum absolute atomic E-state index is 12.6. The molecule has 0 bridgehead atoms. The standard InChI is InChI=1S/C27H35N5O4/c1-16(15-30-14-13-17(2)29-30)25-28-24-21-10-5-18(3)31(27(35)36-4)22(21)11-12-23(24)32(25)20-8-6-19(7-9-20)26(33)34/h11-14,16,18-20H,5-10,15H2,1-4H3,(H,33,34)/t16-,18+,19?,20?/m1/s1. The molecule has 0 spiro atoms. The van der Waals surface area contributed by atoms with E-state index in [4.69, 9.17) is 9.72 Å². The number of aromatic nitrogens is 4. The molecule has 3 heterocycles. The van der Waals surface area contributed by atoms with Gasteiger partial charge < -0.3 is 14.4 Å². The summed E-state index contributed by atoms with van der Waals surface area (Å²) in [6, 6.07) is 6.35. The van der Waals surface area contributed by atoms with Crippen LogP contribution in [-0.4, -0.2) is 49.7 Å². The van der Waals surface area contributed by atoms with Gasteiger partial charge in [-0.3, -0.25) is 14.4 Å². The van der Waals surface area contributed by atoms with Gasteiger partial charge in [0.15, 0.2) is 0 Å². The maximum atomic E-state index is 12.6. The molecule has 1 fully saturated rings. The van der Waals surface area contributed by atoms with Crippen LogP contribution in [-0.2, 0) is 22.5 Å². The molecule has 1 aliphatic carbocycles. The first-order valence-corrected chi connectivity index (χ1v) is 12.9. The first-order chi connectivity index (χ1) is 17.3. The lowest BCUT2D eigenvalue weighted by Crippen LogP contribution is -2.42. The summed E-state index contributed by atoms with van der Waals surface area (Å²) in [7, 11) is 1.42. The molecule has 0 saturated heterocycles. The smallest absolute Gasteiger partial charge is 0.414 e. The molecule has 9 nitrogen and oxygen atoms in total. The third-order valence-electron chi connectivity index (χ3n) is 7.94. The van der Waals surface area contributed by atoms with Crippen LogP contribution in [0.5, 0.6) is 0 Å². The molecule has 1 aromatic carbocycles. The fourth-order valence-corrected chi connectivity index (χ4v) is 6.03. The summed E-state index contributed by atoms with van der Waals surface area (Å²) in [5.41, 5.74) is 4.93. The second-order valence-corrected chi connectivity index (χ2v) is 10.4. The Labute approximate surface area is 211 Å². The number of amides is 1. The molecule has 0 radical (unpaired) electrons. The number of fused-ring (bicyclic) bond motifs is 3. The Morgan fingerprint density at radius 1 is 1.17 bits per heavy atom. The van der Waals surface area contributed by atoms with E-state index in [0.29, 0.717) is 19.4 Å². The predicted octanol–water partition coefficient (Wildman–Crippen LogP) is 5.07. The van der Waals surface area contributed by atoms with Gasteiger partial charge in [-0.05, 0) is 70.6 Å². The number of anilines is 1. The summed E-state index contributed by atoms with van der Waals surface area (Å²) in [5, 5.41) is 14.1. The number of carboxylic acids is 1. The van der Waals surface area contributed by atoms with E-state index in [2.05, 4.69) is 22.7 Å². The van der Waals surface area contributed by atoms with Gasteiger partial charge in [0.2, 0.25) is 0 Å². The fraction of sp³-hybridized carbons (Fsp3) is 0.556. The molecule has 192 valence electrons. The van der Waals surface area contributed by atoms with Crippen LogP contribution in [0.4, 0.5) is 10.5 Å². The number of carbonyl (C=O) groups is 2. The molecule has 1 amide bonds. The van der Waals surface area contributed by atoms with Crippen molar-refractivity contribution in [2.45, 2.75) is 83.8 Å². The zero-order chi connectivity index (χ0) is 25.6. The van der Waals surface area contributed by atoms with Crippen molar-refractivity contribution in [3.63, 3.8) is 0 Å². The lowest BCUT2D eigenvalue weighted by molar-refractivity contribution is -0.143. The molecule has 0 unspecified atom stereocenters. The summed E-state index contributed by atoms with van der Waals surface area (Å²) < 4.78 is 9.41. The normalized spacial score (nSPS) is 22.9. The molecule has 1 saturated carbocycles. The number of rotatable bonds is 5. The Morgan fingerprint density at radius 2 is 1.92 bits per heavy atom. The number of ether oxygens (including phenoxy) is 1. The minimum atomic E-state index is -0.697. The molecule has 2 aromatic heterocycles. The van der Waals surface area contributed by atoms with Gasteiger partial charge in [-0.15, -0.1) is 0 Å². The van der Waals surface area contributed by atoms with Crippen LogP contribution in [0.3, 0.4) is 0 Å². The molecule has 5 rings (SSSR count). The van der Waals surface area contributed by atoms with E-state index in [1.165, 1.54) is 7.11 Å². The Bertz CT molecular complexity index is 1290. The molecule has 36 heavy (non-hydrogen) atoms. The second kappa shape index (κ2) is 9.59. The van der Waals surface area contributed by atoms with E-state index in [9.17, 15) is 14.7 Å². The summed E-state index contributed by atoms with van der Waals surface area (Å²) in [5.74, 6) is 0.127. The zero-order valence-electron chi connectivity index (χ0n) is 21.5. The van der Waals surface area contributed by atoms with E-state index in [1.807, 2.05) is 36.9 Å². The van der Waals surface area contributed by atoms with Gasteiger partial charge in [-0.25, -0.2) is 9.78 Å². The summed E-state index contributed by atoms with van der Waals surface area (Å²) in [6.07, 6.45) is 6.29. The van der Waals surface area contributed by atoms with Crippen LogP contribution < -0.4 is 4.90 Å². The zero-order valence-corrected chi connectivity index (χ0v) is 21.5. The number of nitrogens with zero attached hydrogens (tertiary/aromatic N) is 5. The highest BCUT2D eigenvalue weighted by molar-refractivity contribution is 5.95. The number of methoxy groups -OCH3 is 1. The highest BCUT2D eigenvalue weighted by Gasteiger charge is 2.34. The van der Waals surface area contributed by atoms with Crippen molar-refractivity contribution >= 4 is 28.8 Å². The van der Waals surface area contributed by atoms with Crippen LogP contribution >= 0.6 is 0 Å². The first kappa shape index (κ1) is 24.3. The number of hydrogen-bond donors (Lipinski definition) is 1. The minimum absolute atomic E-state index is 0.0530. The number of benzene rings is 1. The van der Waals surface area contributed by atoms with Crippen molar-refractivity contribution in [1.82, 2.24) is 19.3 Å². The fourth-order valence-electron chi connectivity index (χ4n) is 6.03. The summed E-state index contributed by atoms with van der Waals surface area (Å²) in [6.45, 7) is 6.91. The third-order valence-corrected chi connectivity index (χ3v) is 7.94. The van der Waals surface area contributed by atoms with Gasteiger partial charge >= 0.3 is 12.1 Å². The second-order valence-electron chi connectivity index (χ2n) is 10.4. The Kier molecular flexibility index (Phi) is 6.49. The predicted molar refractivity (Wildman–Crippen MR) is 136 cm³/mol. The Balaban J connectivity index is 1.60. The summed E-state index contributed by atoms with van der Waals surface area (Å²) >= 11 is 0. The molecule has 2 atom stereocenters. The van der Waals surface area contributed by atoms with E-state index in [1.54, 1.807) is 4.90 Å². The summed E-state index contributed by atoms with van der Waals surface area (Å²) in [4.78, 5) is 31.2. The van der Waals surface area contributed by atoms with Gasteiger partial charge in [0.1, 0.15) is 5.82 Å². The molecule has 1 aliphatic heterocycles. The SMILES string of the molecule is COC(=O)N1c2ccc3c(nc([C@H](C)Cn4ccc(C)n4)n3C3CCC(C(=O)O)CC3)c2CC[C@@H]1C. The van der Waals surface area contributed by atoms with Crippen molar-refractivity contribution in [1.29, 1.82) is 0 Å². The van der Waals surface area contributed by atoms with Crippen LogP contribution in [0.1, 0.15) is 75.0 Å². The van der Waals surface area contributed by atoms with E-state index < -0.39 is 5.97 Å². The quantitative estimate of drug-likeness (QED) is 0.532. The lowest BCUT2D eigenvalue weighted by atomic mass is 9.85. The van der Waals surface area contributed by atoms with E-state index in [0.717, 1.165) is 59.5 Å². The number of aliphatic carboxylic acids is 1. The largest absolute Gasteiger partial charge is 0.481 e. The topological polar surface area (TPSA) is 102 Å². The van der Waals surface area contributed by atoms with Gasteiger partial charge in [-0.2, -0.15) is 5.10 Å². The van der Waals surface area contributed by atoms with Crippen molar-refractivity contribution in [2.24, 2.45) is 5.92 Å². The highest BCUT2D eigenvalue weighted by Crippen LogP contribution is 2.41. The molecule has 3 aromatic rings. The van der Waals surface area contributed by atoms with Crippen LogP contribution in [0.2, 0.25) is 0 Å².